The molecule has 1 N–H and O–H groups in total. The third-order valence-corrected chi connectivity index (χ3v) is 4.70. The Morgan fingerprint density at radius 2 is 2.14 bits per heavy atom. The molecule has 1 fully saturated rings. The third kappa shape index (κ3) is 4.32. The highest BCUT2D eigenvalue weighted by Gasteiger charge is 2.29. The minimum absolute atomic E-state index is 0.00136. The Hall–Kier alpha value is -1.36. The molecule has 1 saturated heterocycles. The van der Waals surface area contributed by atoms with Crippen LogP contribution in [0.15, 0.2) is 28.7 Å². The van der Waals surface area contributed by atoms with Crippen molar-refractivity contribution >= 4 is 27.7 Å². The normalized spacial score (nSPS) is 18.1. The average Bonchev–Trinajstić information content (AvgIpc) is 2.55. The first-order chi connectivity index (χ1) is 10.6. The van der Waals surface area contributed by atoms with E-state index < -0.39 is 0 Å². The smallest absolute Gasteiger partial charge is 0.255 e. The molecule has 2 amide bonds. The van der Waals surface area contributed by atoms with Crippen LogP contribution in [0.3, 0.4) is 0 Å². The fourth-order valence-electron chi connectivity index (χ4n) is 2.71. The summed E-state index contributed by atoms with van der Waals surface area (Å²) in [4.78, 5) is 26.6. The van der Waals surface area contributed by atoms with Crippen LogP contribution in [0.25, 0.3) is 0 Å². The number of piperidine rings is 1. The molecule has 120 valence electrons. The van der Waals surface area contributed by atoms with Crippen molar-refractivity contribution in [1.29, 1.82) is 0 Å². The zero-order valence-corrected chi connectivity index (χ0v) is 14.6. The van der Waals surface area contributed by atoms with E-state index in [0.29, 0.717) is 12.1 Å². The van der Waals surface area contributed by atoms with Crippen molar-refractivity contribution in [2.75, 3.05) is 19.6 Å². The van der Waals surface area contributed by atoms with Gasteiger partial charge >= 0.3 is 0 Å². The van der Waals surface area contributed by atoms with Crippen LogP contribution < -0.4 is 5.32 Å². The molecule has 0 spiro atoms. The second-order valence-electron chi connectivity index (χ2n) is 5.71. The number of rotatable bonds is 5. The topological polar surface area (TPSA) is 49.4 Å². The van der Waals surface area contributed by atoms with Gasteiger partial charge in [-0.25, -0.2) is 0 Å². The number of hydrogen-bond acceptors (Lipinski definition) is 2. The van der Waals surface area contributed by atoms with Gasteiger partial charge in [0.2, 0.25) is 5.91 Å². The number of nitrogens with one attached hydrogen (secondary N) is 1. The molecule has 0 radical (unpaired) electrons. The van der Waals surface area contributed by atoms with E-state index in [9.17, 15) is 9.59 Å². The molecular formula is C17H23BrN2O2. The molecule has 1 aliphatic rings. The number of carbonyl (C=O) groups is 2. The maximum atomic E-state index is 12.6. The monoisotopic (exact) mass is 366 g/mol. The highest BCUT2D eigenvalue weighted by atomic mass is 79.9. The lowest BCUT2D eigenvalue weighted by Crippen LogP contribution is -2.45. The molecule has 1 aliphatic heterocycles. The minimum Gasteiger partial charge on any atom is -0.356 e. The van der Waals surface area contributed by atoms with E-state index in [-0.39, 0.29) is 17.7 Å². The Kier molecular flexibility index (Phi) is 6.43. The van der Waals surface area contributed by atoms with E-state index in [0.717, 1.165) is 43.2 Å². The number of hydrogen-bond donors (Lipinski definition) is 1. The summed E-state index contributed by atoms with van der Waals surface area (Å²) in [5.74, 6) is -0.00588. The molecule has 0 aromatic heterocycles. The molecule has 22 heavy (non-hydrogen) atoms. The summed E-state index contributed by atoms with van der Waals surface area (Å²) in [6, 6.07) is 7.43. The maximum Gasteiger partial charge on any atom is 0.255 e. The molecule has 0 bridgehead atoms. The minimum atomic E-state index is -0.0861. The molecule has 0 saturated carbocycles. The lowest BCUT2D eigenvalue weighted by molar-refractivity contribution is -0.126. The van der Waals surface area contributed by atoms with Crippen LogP contribution in [0.4, 0.5) is 0 Å². The van der Waals surface area contributed by atoms with Crippen molar-refractivity contribution in [2.24, 2.45) is 5.92 Å². The summed E-state index contributed by atoms with van der Waals surface area (Å²) in [5, 5.41) is 2.98. The molecule has 1 aromatic rings. The number of nitrogens with zero attached hydrogens (tertiary/aromatic N) is 1. The number of benzene rings is 1. The van der Waals surface area contributed by atoms with Gasteiger partial charge in [-0.3, -0.25) is 9.59 Å². The van der Waals surface area contributed by atoms with Crippen LogP contribution in [0, 0.1) is 5.92 Å². The second kappa shape index (κ2) is 8.32. The lowest BCUT2D eigenvalue weighted by Gasteiger charge is -2.32. The van der Waals surface area contributed by atoms with Crippen molar-refractivity contribution in [2.45, 2.75) is 32.6 Å². The van der Waals surface area contributed by atoms with Gasteiger partial charge < -0.3 is 10.2 Å². The summed E-state index contributed by atoms with van der Waals surface area (Å²) < 4.78 is 0.800. The van der Waals surface area contributed by atoms with E-state index in [2.05, 4.69) is 28.2 Å². The Bertz CT molecular complexity index is 533. The van der Waals surface area contributed by atoms with E-state index in [1.165, 1.54) is 0 Å². The van der Waals surface area contributed by atoms with E-state index >= 15 is 0 Å². The Morgan fingerprint density at radius 1 is 1.36 bits per heavy atom. The molecule has 1 unspecified atom stereocenters. The molecule has 0 aliphatic carbocycles. The third-order valence-electron chi connectivity index (χ3n) is 4.01. The van der Waals surface area contributed by atoms with Gasteiger partial charge in [-0.2, -0.15) is 0 Å². The first-order valence-corrected chi connectivity index (χ1v) is 8.74. The van der Waals surface area contributed by atoms with Gasteiger partial charge in [0.05, 0.1) is 11.5 Å². The first-order valence-electron chi connectivity index (χ1n) is 7.95. The fourth-order valence-corrected chi connectivity index (χ4v) is 3.17. The van der Waals surface area contributed by atoms with E-state index in [4.69, 9.17) is 0 Å². The quantitative estimate of drug-likeness (QED) is 0.813. The van der Waals surface area contributed by atoms with Gasteiger partial charge in [0.1, 0.15) is 0 Å². The summed E-state index contributed by atoms with van der Waals surface area (Å²) >= 11 is 3.42. The van der Waals surface area contributed by atoms with Crippen LogP contribution in [0.5, 0.6) is 0 Å². The predicted molar refractivity (Wildman–Crippen MR) is 90.7 cm³/mol. The van der Waals surface area contributed by atoms with Gasteiger partial charge in [0, 0.05) is 24.1 Å². The summed E-state index contributed by atoms with van der Waals surface area (Å²) in [5.41, 5.74) is 0.662. The molecule has 5 heteroatoms. The van der Waals surface area contributed by atoms with E-state index in [1.807, 2.05) is 24.3 Å². The van der Waals surface area contributed by atoms with Crippen LogP contribution in [0.1, 0.15) is 43.0 Å². The van der Waals surface area contributed by atoms with Crippen LogP contribution in [-0.4, -0.2) is 36.3 Å². The summed E-state index contributed by atoms with van der Waals surface area (Å²) in [6.45, 7) is 4.06. The summed E-state index contributed by atoms with van der Waals surface area (Å²) in [7, 11) is 0. The second-order valence-corrected chi connectivity index (χ2v) is 6.57. The van der Waals surface area contributed by atoms with Crippen LogP contribution in [0.2, 0.25) is 0 Å². The van der Waals surface area contributed by atoms with Gasteiger partial charge in [0.15, 0.2) is 0 Å². The number of halogens is 1. The standard InChI is InChI=1S/C17H23BrN2O2/c1-2-3-10-19-16(21)13-7-6-11-20(12-13)17(22)14-8-4-5-9-15(14)18/h4-5,8-9,13H,2-3,6-7,10-12H2,1H3,(H,19,21). The van der Waals surface area contributed by atoms with Gasteiger partial charge in [-0.1, -0.05) is 25.5 Å². The highest BCUT2D eigenvalue weighted by molar-refractivity contribution is 9.10. The number of amides is 2. The van der Waals surface area contributed by atoms with Crippen LogP contribution in [-0.2, 0) is 4.79 Å². The zero-order valence-electron chi connectivity index (χ0n) is 13.0. The molecule has 1 atom stereocenters. The van der Waals surface area contributed by atoms with Crippen molar-refractivity contribution in [3.63, 3.8) is 0 Å². The Balaban J connectivity index is 1.97. The van der Waals surface area contributed by atoms with Crippen molar-refractivity contribution in [3.05, 3.63) is 34.3 Å². The van der Waals surface area contributed by atoms with Gasteiger partial charge in [-0.15, -0.1) is 0 Å². The van der Waals surface area contributed by atoms with E-state index in [1.54, 1.807) is 4.90 Å². The highest BCUT2D eigenvalue weighted by Crippen LogP contribution is 2.22. The molecule has 4 nitrogen and oxygen atoms in total. The predicted octanol–water partition coefficient (Wildman–Crippen LogP) is 3.22. The molecular weight excluding hydrogens is 344 g/mol. The lowest BCUT2D eigenvalue weighted by atomic mass is 9.96. The average molecular weight is 367 g/mol. The number of likely N-dealkylation sites (tertiary alicyclic amines) is 1. The van der Waals surface area contributed by atoms with Crippen molar-refractivity contribution in [3.8, 4) is 0 Å². The molecule has 2 rings (SSSR count). The van der Waals surface area contributed by atoms with Gasteiger partial charge in [0.25, 0.3) is 5.91 Å². The molecule has 1 heterocycles. The molecule has 1 aromatic carbocycles. The van der Waals surface area contributed by atoms with Crippen molar-refractivity contribution < 1.29 is 9.59 Å². The number of unbranched alkanes of at least 4 members (excludes halogenated alkanes) is 1. The Morgan fingerprint density at radius 3 is 2.86 bits per heavy atom. The van der Waals surface area contributed by atoms with Gasteiger partial charge in [-0.05, 0) is 47.3 Å². The first kappa shape index (κ1) is 17.0. The number of carbonyl (C=O) groups excluding carboxylic acids is 2. The fraction of sp³-hybridized carbons (Fsp3) is 0.529. The maximum absolute atomic E-state index is 12.6. The Labute approximate surface area is 140 Å². The van der Waals surface area contributed by atoms with Crippen LogP contribution >= 0.6 is 15.9 Å². The SMILES string of the molecule is CCCCNC(=O)C1CCCN(C(=O)c2ccccc2Br)C1. The van der Waals surface area contributed by atoms with Crippen molar-refractivity contribution in [1.82, 2.24) is 10.2 Å². The largest absolute Gasteiger partial charge is 0.356 e. The zero-order chi connectivity index (χ0) is 15.9. The summed E-state index contributed by atoms with van der Waals surface area (Å²) in [6.07, 6.45) is 3.80.